The van der Waals surface area contributed by atoms with Crippen LogP contribution in [0.4, 0.5) is 0 Å². The van der Waals surface area contributed by atoms with Gasteiger partial charge in [-0.3, -0.25) is 0 Å². The topological polar surface area (TPSA) is 57.6 Å². The summed E-state index contributed by atoms with van der Waals surface area (Å²) < 4.78 is 27.0. The molecule has 4 nitrogen and oxygen atoms in total. The fraction of sp³-hybridized carbons (Fsp3) is 0.600. The molecular formula is C15H23NO3S. The Morgan fingerprint density at radius 1 is 1.20 bits per heavy atom. The van der Waals surface area contributed by atoms with Gasteiger partial charge in [-0.15, -0.1) is 0 Å². The average molecular weight is 297 g/mol. The highest BCUT2D eigenvalue weighted by Crippen LogP contribution is 2.28. The molecule has 20 heavy (non-hydrogen) atoms. The van der Waals surface area contributed by atoms with Crippen LogP contribution in [-0.2, 0) is 10.0 Å². The quantitative estimate of drug-likeness (QED) is 0.933. The number of aliphatic hydroxyl groups is 1. The van der Waals surface area contributed by atoms with E-state index in [1.807, 2.05) is 6.92 Å². The third kappa shape index (κ3) is 3.05. The smallest absolute Gasteiger partial charge is 0.243 e. The zero-order valence-electron chi connectivity index (χ0n) is 12.3. The molecule has 0 aliphatic carbocycles. The second-order valence-electron chi connectivity index (χ2n) is 5.85. The Bertz CT molecular complexity index is 551. The van der Waals surface area contributed by atoms with Crippen molar-refractivity contribution in [3.05, 3.63) is 29.8 Å². The Morgan fingerprint density at radius 3 is 2.35 bits per heavy atom. The molecule has 1 aliphatic rings. The van der Waals surface area contributed by atoms with Crippen LogP contribution in [0, 0.1) is 5.92 Å². The van der Waals surface area contributed by atoms with Gasteiger partial charge < -0.3 is 5.11 Å². The summed E-state index contributed by atoms with van der Waals surface area (Å²) in [6, 6.07) is 6.57. The van der Waals surface area contributed by atoms with Crippen LogP contribution in [0.1, 0.15) is 45.3 Å². The number of piperidine rings is 1. The number of hydrogen-bond acceptors (Lipinski definition) is 3. The molecule has 5 heteroatoms. The van der Waals surface area contributed by atoms with Gasteiger partial charge in [-0.1, -0.05) is 19.1 Å². The largest absolute Gasteiger partial charge is 0.389 e. The first-order valence-corrected chi connectivity index (χ1v) is 8.56. The molecule has 1 aliphatic heterocycles. The number of rotatable bonds is 3. The number of nitrogens with zero attached hydrogens (tertiary/aromatic N) is 1. The summed E-state index contributed by atoms with van der Waals surface area (Å²) in [4.78, 5) is 0.308. The van der Waals surface area contributed by atoms with Crippen molar-refractivity contribution in [2.75, 3.05) is 6.54 Å². The van der Waals surface area contributed by atoms with Gasteiger partial charge in [0, 0.05) is 12.6 Å². The zero-order valence-corrected chi connectivity index (χ0v) is 13.1. The van der Waals surface area contributed by atoms with E-state index in [1.54, 1.807) is 35.5 Å². The molecule has 1 aromatic rings. The molecule has 1 heterocycles. The van der Waals surface area contributed by atoms with Gasteiger partial charge in [-0.25, -0.2) is 8.42 Å². The lowest BCUT2D eigenvalue weighted by Crippen LogP contribution is -2.44. The van der Waals surface area contributed by atoms with Crippen LogP contribution in [0.2, 0.25) is 0 Å². The lowest BCUT2D eigenvalue weighted by molar-refractivity contribution is 0.199. The maximum absolute atomic E-state index is 12.7. The number of benzene rings is 1. The van der Waals surface area contributed by atoms with E-state index < -0.39 is 16.1 Å². The molecule has 0 saturated carbocycles. The number of hydrogen-bond donors (Lipinski definition) is 1. The van der Waals surface area contributed by atoms with Crippen LogP contribution in [0.3, 0.4) is 0 Å². The van der Waals surface area contributed by atoms with E-state index in [0.29, 0.717) is 17.4 Å². The van der Waals surface area contributed by atoms with Gasteiger partial charge in [0.2, 0.25) is 10.0 Å². The Hall–Kier alpha value is -0.910. The molecule has 0 bridgehead atoms. The highest BCUT2D eigenvalue weighted by atomic mass is 32.2. The van der Waals surface area contributed by atoms with Gasteiger partial charge in [-0.05, 0) is 50.3 Å². The summed E-state index contributed by atoms with van der Waals surface area (Å²) >= 11 is 0. The van der Waals surface area contributed by atoms with Gasteiger partial charge in [0.25, 0.3) is 0 Å². The van der Waals surface area contributed by atoms with Crippen molar-refractivity contribution in [2.24, 2.45) is 5.92 Å². The summed E-state index contributed by atoms with van der Waals surface area (Å²) in [5.41, 5.74) is 0.726. The zero-order chi connectivity index (χ0) is 14.9. The summed E-state index contributed by atoms with van der Waals surface area (Å²) in [7, 11) is -3.43. The van der Waals surface area contributed by atoms with Crippen LogP contribution in [0.25, 0.3) is 0 Å². The normalized spacial score (nSPS) is 26.4. The number of sulfonamides is 1. The van der Waals surface area contributed by atoms with Crippen molar-refractivity contribution < 1.29 is 13.5 Å². The predicted molar refractivity (Wildman–Crippen MR) is 78.8 cm³/mol. The molecule has 1 N–H and O–H groups in total. The standard InChI is InChI=1S/C15H23NO3S/c1-11-4-5-12(2)16(10-11)20(18,19)15-8-6-14(7-9-15)13(3)17/h6-9,11-13,17H,4-5,10H2,1-3H3. The maximum atomic E-state index is 12.7. The van der Waals surface area contributed by atoms with Crippen molar-refractivity contribution >= 4 is 10.0 Å². The van der Waals surface area contributed by atoms with E-state index in [0.717, 1.165) is 18.4 Å². The summed E-state index contributed by atoms with van der Waals surface area (Å²) in [6.45, 7) is 6.30. The minimum atomic E-state index is -3.43. The Kier molecular flexibility index (Phi) is 4.52. The summed E-state index contributed by atoms with van der Waals surface area (Å²) in [6.07, 6.45) is 1.40. The molecule has 0 spiro atoms. The first-order chi connectivity index (χ1) is 9.32. The maximum Gasteiger partial charge on any atom is 0.243 e. The van der Waals surface area contributed by atoms with Crippen molar-refractivity contribution in [3.8, 4) is 0 Å². The van der Waals surface area contributed by atoms with Gasteiger partial charge in [0.15, 0.2) is 0 Å². The predicted octanol–water partition coefficient (Wildman–Crippen LogP) is 2.55. The van der Waals surface area contributed by atoms with Gasteiger partial charge >= 0.3 is 0 Å². The molecule has 2 rings (SSSR count). The van der Waals surface area contributed by atoms with E-state index in [9.17, 15) is 13.5 Å². The third-order valence-corrected chi connectivity index (χ3v) is 6.02. The second-order valence-corrected chi connectivity index (χ2v) is 7.74. The van der Waals surface area contributed by atoms with Crippen LogP contribution < -0.4 is 0 Å². The van der Waals surface area contributed by atoms with Crippen LogP contribution in [0.5, 0.6) is 0 Å². The fourth-order valence-electron chi connectivity index (χ4n) is 2.64. The molecule has 112 valence electrons. The van der Waals surface area contributed by atoms with Gasteiger partial charge in [0.05, 0.1) is 11.0 Å². The van der Waals surface area contributed by atoms with E-state index in [1.165, 1.54) is 0 Å². The van der Waals surface area contributed by atoms with Gasteiger partial charge in [-0.2, -0.15) is 4.31 Å². The summed E-state index contributed by atoms with van der Waals surface area (Å²) in [5, 5.41) is 9.48. The molecule has 1 fully saturated rings. The molecule has 1 saturated heterocycles. The van der Waals surface area contributed by atoms with Crippen molar-refractivity contribution in [1.29, 1.82) is 0 Å². The van der Waals surface area contributed by atoms with Crippen LogP contribution >= 0.6 is 0 Å². The van der Waals surface area contributed by atoms with E-state index in [4.69, 9.17) is 0 Å². The lowest BCUT2D eigenvalue weighted by Gasteiger charge is -2.35. The van der Waals surface area contributed by atoms with E-state index >= 15 is 0 Å². The molecular weight excluding hydrogens is 274 g/mol. The van der Waals surface area contributed by atoms with E-state index in [-0.39, 0.29) is 6.04 Å². The fourth-order valence-corrected chi connectivity index (χ4v) is 4.42. The molecule has 0 radical (unpaired) electrons. The SMILES string of the molecule is CC1CCC(C)N(S(=O)(=O)c2ccc(C(C)O)cc2)C1. The molecule has 1 aromatic carbocycles. The minimum absolute atomic E-state index is 0.0487. The van der Waals surface area contributed by atoms with Crippen molar-refractivity contribution in [1.82, 2.24) is 4.31 Å². The molecule has 3 unspecified atom stereocenters. The van der Waals surface area contributed by atoms with Crippen LogP contribution in [-0.4, -0.2) is 30.4 Å². The lowest BCUT2D eigenvalue weighted by atomic mass is 9.97. The number of aliphatic hydroxyl groups excluding tert-OH is 1. The minimum Gasteiger partial charge on any atom is -0.389 e. The average Bonchev–Trinajstić information content (AvgIpc) is 2.41. The van der Waals surface area contributed by atoms with E-state index in [2.05, 4.69) is 6.92 Å². The monoisotopic (exact) mass is 297 g/mol. The molecule has 0 aromatic heterocycles. The molecule has 3 atom stereocenters. The van der Waals surface area contributed by atoms with Crippen molar-refractivity contribution in [3.63, 3.8) is 0 Å². The second kappa shape index (κ2) is 5.84. The van der Waals surface area contributed by atoms with Crippen molar-refractivity contribution in [2.45, 2.75) is 50.7 Å². The highest BCUT2D eigenvalue weighted by molar-refractivity contribution is 7.89. The van der Waals surface area contributed by atoms with Gasteiger partial charge in [0.1, 0.15) is 0 Å². The highest BCUT2D eigenvalue weighted by Gasteiger charge is 2.33. The summed E-state index contributed by atoms with van der Waals surface area (Å²) in [5.74, 6) is 0.401. The Labute approximate surface area is 121 Å². The Balaban J connectivity index is 2.29. The molecule has 0 amide bonds. The Morgan fingerprint density at radius 2 is 1.80 bits per heavy atom. The van der Waals surface area contributed by atoms with Crippen LogP contribution in [0.15, 0.2) is 29.2 Å². The first-order valence-electron chi connectivity index (χ1n) is 7.12. The first kappa shape index (κ1) is 15.5. The third-order valence-electron chi connectivity index (χ3n) is 4.03.